The topological polar surface area (TPSA) is 118 Å². The molecule has 768 valence electrons. The van der Waals surface area contributed by atoms with E-state index in [9.17, 15) is 231 Å². The van der Waals surface area contributed by atoms with Crippen molar-refractivity contribution < 1.29 is 272 Å². The molecule has 0 bridgehead atoms. The number of aliphatic hydroxyl groups is 4. The van der Waals surface area contributed by atoms with Gasteiger partial charge in [-0.05, 0) is 216 Å². The van der Waals surface area contributed by atoms with E-state index in [1.807, 2.05) is 0 Å². The fourth-order valence-electron chi connectivity index (χ4n) is 15.0. The summed E-state index contributed by atoms with van der Waals surface area (Å²) in [4.78, 5) is 0. The first-order valence-corrected chi connectivity index (χ1v) is 37.6. The summed E-state index contributed by atoms with van der Waals surface area (Å²) in [5.41, 5.74) is -77.0. The van der Waals surface area contributed by atoms with Gasteiger partial charge in [-0.15, -0.1) is 0 Å². The molecule has 0 spiro atoms. The van der Waals surface area contributed by atoms with Gasteiger partial charge in [-0.3, -0.25) is 0 Å². The summed E-state index contributed by atoms with van der Waals surface area (Å²) in [6.45, 7) is 3.66. The zero-order chi connectivity index (χ0) is 106. The average Bonchev–Trinajstić information content (AvgIpc) is 1.60. The molecule has 139 heavy (non-hydrogen) atoms. The third kappa shape index (κ3) is 23.8. The maximum absolute atomic E-state index is 14.4. The van der Waals surface area contributed by atoms with Gasteiger partial charge in [0.15, 0.2) is 11.6 Å². The van der Waals surface area contributed by atoms with Crippen LogP contribution in [-0.4, -0.2) is 56.4 Å². The minimum absolute atomic E-state index is 0. The van der Waals surface area contributed by atoms with Gasteiger partial charge < -0.3 is 39.4 Å². The Kier molecular flexibility index (Phi) is 30.5. The minimum Gasteiger partial charge on any atom is -0.378 e. The van der Waals surface area contributed by atoms with E-state index >= 15 is 0 Å². The molecule has 8 nitrogen and oxygen atoms in total. The Morgan fingerprint density at radius 3 is 0.281 bits per heavy atom. The summed E-state index contributed by atoms with van der Waals surface area (Å²) in [6.07, 6.45) is -115. The molecule has 57 heteroatoms. The molecule has 4 N–H and O–H groups in total. The van der Waals surface area contributed by atoms with Crippen LogP contribution in [0, 0.1) is 0 Å². The van der Waals surface area contributed by atoms with E-state index in [0.29, 0.717) is 0 Å². The Bertz CT molecular complexity index is 4520. The number of rotatable bonds is 16. The predicted octanol–water partition coefficient (Wildman–Crippen LogP) is 28.6. The molecular weight excluding hydrogens is 2070 g/mol. The molecule has 2 fully saturated rings. The number of alkyl halides is 48. The van der Waals surface area contributed by atoms with Crippen LogP contribution in [0.5, 0.6) is 0 Å². The van der Waals surface area contributed by atoms with Gasteiger partial charge in [0.25, 0.3) is 0 Å². The molecule has 10 rings (SSSR count). The van der Waals surface area contributed by atoms with Crippen molar-refractivity contribution in [3.05, 3.63) is 279 Å². The number of hydrogen-bond acceptors (Lipinski definition) is 8. The molecule has 8 aromatic carbocycles. The molecule has 2 aliphatic heterocycles. The second-order valence-electron chi connectivity index (χ2n) is 30.8. The fraction of sp³-hybridized carbons (Fsp3) is 0.415. The number of hydrogen-bond donors (Lipinski definition) is 4. The summed E-state index contributed by atoms with van der Waals surface area (Å²) >= 11 is 0. The third-order valence-corrected chi connectivity index (χ3v) is 21.9. The molecular formula is C82H52F48O8Ti. The summed E-state index contributed by atoms with van der Waals surface area (Å²) in [5, 5.41) is 51.6. The number of benzene rings is 8. The molecule has 2 aliphatic rings. The van der Waals surface area contributed by atoms with E-state index in [1.54, 1.807) is 0 Å². The Morgan fingerprint density at radius 1 is 0.158 bits per heavy atom. The van der Waals surface area contributed by atoms with Gasteiger partial charge in [0.2, 0.25) is 0 Å². The fourth-order valence-corrected chi connectivity index (χ4v) is 15.0. The van der Waals surface area contributed by atoms with Crippen molar-refractivity contribution in [2.45, 2.75) is 211 Å². The van der Waals surface area contributed by atoms with E-state index in [0.717, 1.165) is 27.7 Å². The Hall–Kier alpha value is -9.21. The largest absolute Gasteiger partial charge is 0.416 e. The van der Waals surface area contributed by atoms with Crippen molar-refractivity contribution in [1.29, 1.82) is 0 Å². The van der Waals surface area contributed by atoms with E-state index in [-0.39, 0.29) is 21.7 Å². The zero-order valence-corrected chi connectivity index (χ0v) is 69.6. The first-order valence-electron chi connectivity index (χ1n) is 37.6. The first kappa shape index (κ1) is 115. The van der Waals surface area contributed by atoms with E-state index in [1.165, 1.54) is 0 Å². The molecule has 0 aromatic heterocycles. The molecule has 0 unspecified atom stereocenters. The Balaban J connectivity index is 0.000000338. The van der Waals surface area contributed by atoms with Crippen LogP contribution >= 0.6 is 0 Å². The monoisotopic (exact) mass is 2120 g/mol. The summed E-state index contributed by atoms with van der Waals surface area (Å²) in [6, 6.07) is -14.9. The maximum Gasteiger partial charge on any atom is 0.416 e. The van der Waals surface area contributed by atoms with Crippen LogP contribution in [0.2, 0.25) is 0 Å². The van der Waals surface area contributed by atoms with Crippen LogP contribution in [0.3, 0.4) is 0 Å². The molecule has 0 saturated carbocycles. The summed E-state index contributed by atoms with van der Waals surface area (Å²) in [7, 11) is 0. The maximum atomic E-state index is 14.4. The standard InChI is InChI=1S/2C41H26F24O4.Ti/c2*1-3-31(4-2)68-29(32(66,17-5-21(34(42,43)44)13-22(6-17)35(45,46)47)18-7-23(36(48,49)50)14-24(8-18)37(51,52)53)30(69-31)33(67,19-9-25(38(54,55)56)15-26(10-19)39(57,58)59)20-11-27(40(60,61)62)16-28(12-20)41(63,64)65;/h2*5-16,29-30,66-67H,3-4H2,1-2H3;/t2*29-,30-;/m11./s1. The number of ether oxygens (including phenoxy) is 4. The second-order valence-corrected chi connectivity index (χ2v) is 30.8. The normalized spacial score (nSPS) is 18.1. The van der Waals surface area contributed by atoms with Crippen molar-refractivity contribution in [3.63, 3.8) is 0 Å². The van der Waals surface area contributed by atoms with Gasteiger partial charge in [0.1, 0.15) is 46.8 Å². The molecule has 0 radical (unpaired) electrons. The van der Waals surface area contributed by atoms with E-state index in [2.05, 4.69) is 0 Å². The van der Waals surface area contributed by atoms with Gasteiger partial charge in [0.05, 0.1) is 89.0 Å². The van der Waals surface area contributed by atoms with Crippen LogP contribution in [0.4, 0.5) is 211 Å². The molecule has 4 atom stereocenters. The predicted molar refractivity (Wildman–Crippen MR) is 370 cm³/mol. The molecule has 2 heterocycles. The van der Waals surface area contributed by atoms with Crippen LogP contribution in [0.15, 0.2) is 146 Å². The zero-order valence-electron chi connectivity index (χ0n) is 68.1. The van der Waals surface area contributed by atoms with Gasteiger partial charge in [-0.1, -0.05) is 27.7 Å². The van der Waals surface area contributed by atoms with Crippen LogP contribution in [0.1, 0.15) is 187 Å². The van der Waals surface area contributed by atoms with Crippen molar-refractivity contribution in [1.82, 2.24) is 0 Å². The van der Waals surface area contributed by atoms with Crippen LogP contribution < -0.4 is 0 Å². The van der Waals surface area contributed by atoms with Crippen molar-refractivity contribution in [2.75, 3.05) is 0 Å². The number of halogens is 48. The SMILES string of the molecule is CCC1(CC)O[C@@H](C(O)(c2cc(C(F)(F)F)cc(C(F)(F)F)c2)c2cc(C(F)(F)F)cc(C(F)(F)F)c2)[C@H](C(O)(c2cc(C(F)(F)F)cc(C(F)(F)F)c2)c2cc(C(F)(F)F)cc(C(F)(F)F)c2)O1.CCC1(CC)O[C@@H](C(O)(c2cc(C(F)(F)F)cc(C(F)(F)F)c2)c2cc(C(F)(F)F)cc(C(F)(F)F)c2)[C@H](C(O)(c2cc(C(F)(F)F)cc(C(F)(F)F)c2)c2cc(C(F)(F)F)cc(C(F)(F)F)c2)O1.[Ti]. The van der Waals surface area contributed by atoms with Gasteiger partial charge in [-0.2, -0.15) is 211 Å². The quantitative estimate of drug-likeness (QED) is 0.0558. The minimum atomic E-state index is -6.04. The second kappa shape index (κ2) is 36.9. The van der Waals surface area contributed by atoms with Gasteiger partial charge in [0, 0.05) is 21.7 Å². The Labute approximate surface area is 759 Å². The summed E-state index contributed by atoms with van der Waals surface area (Å²) < 4.78 is 714. The van der Waals surface area contributed by atoms with E-state index < -0.39 is 462 Å². The Morgan fingerprint density at radius 2 is 0.223 bits per heavy atom. The van der Waals surface area contributed by atoms with Crippen LogP contribution in [-0.2, 0) is 162 Å². The van der Waals surface area contributed by atoms with Crippen molar-refractivity contribution in [3.8, 4) is 0 Å². The molecule has 8 aromatic rings. The van der Waals surface area contributed by atoms with Gasteiger partial charge in [-0.25, -0.2) is 0 Å². The van der Waals surface area contributed by atoms with E-state index in [4.69, 9.17) is 18.9 Å². The smallest absolute Gasteiger partial charge is 0.378 e. The molecule has 0 amide bonds. The third-order valence-electron chi connectivity index (χ3n) is 21.9. The van der Waals surface area contributed by atoms with Gasteiger partial charge >= 0.3 is 98.8 Å². The first-order chi connectivity index (χ1) is 61.6. The van der Waals surface area contributed by atoms with Crippen molar-refractivity contribution >= 4 is 0 Å². The molecule has 2 saturated heterocycles. The molecule has 0 aliphatic carbocycles. The summed E-state index contributed by atoms with van der Waals surface area (Å²) in [5.74, 6) is -5.83. The average molecular weight is 2130 g/mol. The van der Waals surface area contributed by atoms with Crippen molar-refractivity contribution in [2.24, 2.45) is 0 Å². The van der Waals surface area contributed by atoms with Crippen LogP contribution in [0.25, 0.3) is 0 Å².